The van der Waals surface area contributed by atoms with Crippen LogP contribution in [0.1, 0.15) is 31.8 Å². The van der Waals surface area contributed by atoms with Crippen molar-refractivity contribution in [2.75, 3.05) is 19.2 Å². The van der Waals surface area contributed by atoms with Crippen LogP contribution in [0.15, 0.2) is 71.6 Å². The van der Waals surface area contributed by atoms with Gasteiger partial charge in [0.2, 0.25) is 6.79 Å². The number of ketones is 1. The van der Waals surface area contributed by atoms with E-state index in [1.54, 1.807) is 11.8 Å². The molecule has 0 unspecified atom stereocenters. The lowest BCUT2D eigenvalue weighted by Gasteiger charge is -2.15. The molecule has 5 N–H and O–H groups in total. The van der Waals surface area contributed by atoms with Gasteiger partial charge in [-0.3, -0.25) is 4.79 Å². The van der Waals surface area contributed by atoms with E-state index < -0.39 is 0 Å². The minimum atomic E-state index is -0.384. The van der Waals surface area contributed by atoms with Crippen LogP contribution in [-0.4, -0.2) is 41.0 Å². The highest BCUT2D eigenvalue weighted by Crippen LogP contribution is 2.51. The van der Waals surface area contributed by atoms with Crippen molar-refractivity contribution in [3.8, 4) is 22.6 Å². The molecule has 1 aliphatic carbocycles. The molecule has 1 fully saturated rings. The quantitative estimate of drug-likeness (QED) is 0.364. The van der Waals surface area contributed by atoms with Crippen LogP contribution in [0, 0.1) is 0 Å². The number of hydrogen-bond donors (Lipinski definition) is 1. The van der Waals surface area contributed by atoms with Crippen LogP contribution in [0.2, 0.25) is 0 Å². The Morgan fingerprint density at radius 2 is 1.71 bits per heavy atom. The molecule has 1 saturated carbocycles. The molecule has 1 aliphatic heterocycles. The molecular weight excluding hydrogens is 452 g/mol. The fourth-order valence-electron chi connectivity index (χ4n) is 4.26. The highest BCUT2D eigenvalue weighted by molar-refractivity contribution is 7.99. The summed E-state index contributed by atoms with van der Waals surface area (Å²) >= 11 is 1.75. The van der Waals surface area contributed by atoms with E-state index in [9.17, 15) is 4.79 Å². The molecule has 0 radical (unpaired) electrons. The van der Waals surface area contributed by atoms with E-state index >= 15 is 0 Å². The average Bonchev–Trinajstić information content (AvgIpc) is 3.51. The van der Waals surface area contributed by atoms with Crippen molar-refractivity contribution in [1.82, 2.24) is 0 Å². The minimum Gasteiger partial charge on any atom is -0.454 e. The van der Waals surface area contributed by atoms with Gasteiger partial charge in [-0.2, -0.15) is 0 Å². The second kappa shape index (κ2) is 11.1. The van der Waals surface area contributed by atoms with E-state index in [2.05, 4.69) is 36.4 Å². The molecule has 182 valence electrons. The van der Waals surface area contributed by atoms with E-state index in [1.807, 2.05) is 30.3 Å². The maximum absolute atomic E-state index is 13.3. The van der Waals surface area contributed by atoms with Crippen molar-refractivity contribution in [1.29, 1.82) is 0 Å². The molecule has 34 heavy (non-hydrogen) atoms. The number of ether oxygens (including phenoxy) is 2. The van der Waals surface area contributed by atoms with Gasteiger partial charge in [0.25, 0.3) is 0 Å². The van der Waals surface area contributed by atoms with Gasteiger partial charge in [0.05, 0.1) is 5.41 Å². The summed E-state index contributed by atoms with van der Waals surface area (Å²) in [5.41, 5.74) is 3.96. The van der Waals surface area contributed by atoms with Gasteiger partial charge >= 0.3 is 0 Å². The molecule has 1 heterocycles. The van der Waals surface area contributed by atoms with E-state index in [0.717, 1.165) is 58.8 Å². The first-order valence-corrected chi connectivity index (χ1v) is 12.0. The number of thioether (sulfide) groups is 1. The lowest BCUT2D eigenvalue weighted by Crippen LogP contribution is -2.22. The van der Waals surface area contributed by atoms with Crippen molar-refractivity contribution < 1.29 is 31.8 Å². The molecule has 3 aromatic carbocycles. The molecule has 0 bridgehead atoms. The monoisotopic (exact) mass is 484 g/mol. The Kier molecular flexibility index (Phi) is 8.38. The third-order valence-corrected chi connectivity index (χ3v) is 7.36. The second-order valence-corrected chi connectivity index (χ2v) is 9.57. The molecule has 0 saturated heterocycles. The van der Waals surface area contributed by atoms with Crippen LogP contribution >= 0.6 is 11.8 Å². The molecule has 0 amide bonds. The standard InChI is InChI=1S/C27H26O4S.2H2O.H2/c28-13-2-14-32-23-8-5-20(6-9-23)21-4-1-3-19(15-21)16-26(29)27(11-12-27)22-7-10-24-25(17-22)31-18-30-24;;;/h1,3-10,15,17,28H,2,11-14,16,18H2;2*1H2;1H. The number of benzene rings is 3. The van der Waals surface area contributed by atoms with Crippen molar-refractivity contribution in [2.24, 2.45) is 0 Å². The zero-order chi connectivity index (χ0) is 22.0. The Hall–Kier alpha value is -2.84. The molecule has 0 spiro atoms. The highest BCUT2D eigenvalue weighted by Gasteiger charge is 2.50. The van der Waals surface area contributed by atoms with Crippen LogP contribution in [0.25, 0.3) is 11.1 Å². The van der Waals surface area contributed by atoms with Crippen molar-refractivity contribution in [3.05, 3.63) is 77.9 Å². The van der Waals surface area contributed by atoms with Crippen LogP contribution in [0.4, 0.5) is 0 Å². The minimum absolute atomic E-state index is 0. The summed E-state index contributed by atoms with van der Waals surface area (Å²) in [6.07, 6.45) is 3.01. The molecular formula is C27H32O6S. The summed E-state index contributed by atoms with van der Waals surface area (Å²) in [4.78, 5) is 14.5. The number of aliphatic hydroxyl groups is 1. The predicted octanol–water partition coefficient (Wildman–Crippen LogP) is 4.00. The topological polar surface area (TPSA) is 119 Å². The highest BCUT2D eigenvalue weighted by atomic mass is 32.2. The van der Waals surface area contributed by atoms with Gasteiger partial charge in [-0.15, -0.1) is 11.8 Å². The number of Topliss-reactive ketones (excluding diaryl/α,β-unsaturated/α-hetero) is 1. The Morgan fingerprint density at radius 3 is 2.44 bits per heavy atom. The summed E-state index contributed by atoms with van der Waals surface area (Å²) in [5.74, 6) is 2.67. The molecule has 0 aromatic heterocycles. The van der Waals surface area contributed by atoms with Crippen LogP contribution < -0.4 is 9.47 Å². The fourth-order valence-corrected chi connectivity index (χ4v) is 5.10. The van der Waals surface area contributed by atoms with Crippen molar-refractivity contribution >= 4 is 17.5 Å². The number of carbonyl (C=O) groups excluding carboxylic acids is 1. The first kappa shape index (κ1) is 25.8. The largest absolute Gasteiger partial charge is 0.454 e. The first-order chi connectivity index (χ1) is 15.7. The number of carbonyl (C=O) groups is 1. The zero-order valence-corrected chi connectivity index (χ0v) is 19.7. The summed E-state index contributed by atoms with van der Waals surface area (Å²) in [7, 11) is 0. The fraction of sp³-hybridized carbons (Fsp3) is 0.296. The van der Waals surface area contributed by atoms with Crippen LogP contribution in [0.5, 0.6) is 11.5 Å². The Bertz CT molecular complexity index is 1130. The normalized spacial score (nSPS) is 14.6. The molecule has 6 nitrogen and oxygen atoms in total. The van der Waals surface area contributed by atoms with Gasteiger partial charge in [0, 0.05) is 25.1 Å². The average molecular weight is 485 g/mol. The molecule has 0 atom stereocenters. The van der Waals surface area contributed by atoms with Crippen LogP contribution in [-0.2, 0) is 16.6 Å². The summed E-state index contributed by atoms with van der Waals surface area (Å²) in [5, 5.41) is 8.93. The lowest BCUT2D eigenvalue weighted by atomic mass is 9.87. The maximum atomic E-state index is 13.3. The predicted molar refractivity (Wildman–Crippen MR) is 136 cm³/mol. The van der Waals surface area contributed by atoms with Crippen molar-refractivity contribution in [3.63, 3.8) is 0 Å². The van der Waals surface area contributed by atoms with Crippen LogP contribution in [0.3, 0.4) is 0 Å². The second-order valence-electron chi connectivity index (χ2n) is 8.40. The summed E-state index contributed by atoms with van der Waals surface area (Å²) in [6.45, 7) is 0.474. The number of rotatable bonds is 9. The van der Waals surface area contributed by atoms with Gasteiger partial charge in [-0.05, 0) is 65.8 Å². The van der Waals surface area contributed by atoms with Crippen molar-refractivity contribution in [2.45, 2.75) is 36.0 Å². The Labute approximate surface area is 205 Å². The summed E-state index contributed by atoms with van der Waals surface area (Å²) in [6, 6.07) is 22.7. The Balaban J connectivity index is 0.00000144. The van der Waals surface area contributed by atoms with E-state index in [-0.39, 0.29) is 37.0 Å². The van der Waals surface area contributed by atoms with Gasteiger partial charge in [0.15, 0.2) is 11.5 Å². The zero-order valence-electron chi connectivity index (χ0n) is 18.9. The van der Waals surface area contributed by atoms with Gasteiger partial charge in [-0.1, -0.05) is 42.5 Å². The molecule has 3 aromatic rings. The third-order valence-electron chi connectivity index (χ3n) is 6.26. The van der Waals surface area contributed by atoms with E-state index in [0.29, 0.717) is 6.42 Å². The van der Waals surface area contributed by atoms with Gasteiger partial charge in [0.1, 0.15) is 5.78 Å². The number of aliphatic hydroxyl groups excluding tert-OH is 1. The third kappa shape index (κ3) is 5.28. The molecule has 7 heteroatoms. The molecule has 5 rings (SSSR count). The SMILES string of the molecule is O.O.O=C(Cc1cccc(-c2ccc(SCCCO)cc2)c1)C1(c2ccc3c(c2)OCO3)CC1.[HH]. The Morgan fingerprint density at radius 1 is 0.941 bits per heavy atom. The maximum Gasteiger partial charge on any atom is 0.231 e. The van der Waals surface area contributed by atoms with Gasteiger partial charge < -0.3 is 25.5 Å². The lowest BCUT2D eigenvalue weighted by molar-refractivity contribution is -0.120. The number of hydrogen-bond acceptors (Lipinski definition) is 5. The first-order valence-electron chi connectivity index (χ1n) is 11.0. The smallest absolute Gasteiger partial charge is 0.231 e. The van der Waals surface area contributed by atoms with E-state index in [4.69, 9.17) is 14.6 Å². The molecule has 2 aliphatic rings. The van der Waals surface area contributed by atoms with E-state index in [1.165, 1.54) is 4.90 Å². The summed E-state index contributed by atoms with van der Waals surface area (Å²) < 4.78 is 10.9. The number of fused-ring (bicyclic) bond motifs is 1. The van der Waals surface area contributed by atoms with Gasteiger partial charge in [-0.25, -0.2) is 0 Å².